The number of aromatic amines is 1. The van der Waals surface area contributed by atoms with Gasteiger partial charge >= 0.3 is 0 Å². The van der Waals surface area contributed by atoms with Crippen molar-refractivity contribution in [2.24, 2.45) is 5.41 Å². The summed E-state index contributed by atoms with van der Waals surface area (Å²) < 4.78 is 27.4. The van der Waals surface area contributed by atoms with E-state index in [1.54, 1.807) is 0 Å². The van der Waals surface area contributed by atoms with E-state index in [0.717, 1.165) is 57.1 Å². The smallest absolute Gasteiger partial charge is 0.278 e. The van der Waals surface area contributed by atoms with Crippen molar-refractivity contribution in [1.82, 2.24) is 19.5 Å². The van der Waals surface area contributed by atoms with Gasteiger partial charge in [-0.15, -0.1) is 5.10 Å². The Morgan fingerprint density at radius 2 is 1.83 bits per heavy atom. The zero-order chi connectivity index (χ0) is 20.5. The van der Waals surface area contributed by atoms with E-state index in [4.69, 9.17) is 0 Å². The number of rotatable bonds is 4. The molecular formula is C21H27N5O3S. The highest BCUT2D eigenvalue weighted by Crippen LogP contribution is 2.47. The lowest BCUT2D eigenvalue weighted by atomic mass is 9.80. The molecule has 1 atom stereocenters. The van der Waals surface area contributed by atoms with Crippen LogP contribution in [-0.4, -0.2) is 52.2 Å². The summed E-state index contributed by atoms with van der Waals surface area (Å²) in [7, 11) is -3.70. The molecule has 160 valence electrons. The molecule has 1 saturated heterocycles. The molecule has 8 nitrogen and oxygen atoms in total. The van der Waals surface area contributed by atoms with Crippen LogP contribution in [0.1, 0.15) is 54.4 Å². The van der Waals surface area contributed by atoms with Crippen LogP contribution >= 0.6 is 0 Å². The number of anilines is 2. The Balaban J connectivity index is 1.24. The number of fused-ring (bicyclic) bond motifs is 2. The Hall–Kier alpha value is -1.97. The fraction of sp³-hybridized carbons (Fsp3) is 0.619. The number of hydrogen-bond donors (Lipinski definition) is 3. The third kappa shape index (κ3) is 2.82. The zero-order valence-corrected chi connectivity index (χ0v) is 17.8. The van der Waals surface area contributed by atoms with Crippen LogP contribution in [0.3, 0.4) is 0 Å². The number of hydrogen-bond acceptors (Lipinski definition) is 6. The van der Waals surface area contributed by atoms with Gasteiger partial charge in [-0.05, 0) is 80.0 Å². The van der Waals surface area contributed by atoms with E-state index in [2.05, 4.69) is 26.6 Å². The third-order valence-electron chi connectivity index (χ3n) is 7.46. The number of benzene rings is 1. The predicted octanol–water partition coefficient (Wildman–Crippen LogP) is 2.06. The molecule has 3 aliphatic carbocycles. The molecule has 1 aromatic heterocycles. The summed E-state index contributed by atoms with van der Waals surface area (Å²) in [5, 5.41) is 19.9. The summed E-state index contributed by atoms with van der Waals surface area (Å²) in [6.07, 6.45) is 8.65. The van der Waals surface area contributed by atoms with Crippen LogP contribution in [0.5, 0.6) is 0 Å². The van der Waals surface area contributed by atoms with E-state index in [9.17, 15) is 13.5 Å². The number of aryl methyl sites for hydroxylation is 2. The number of aliphatic hydroxyl groups is 1. The lowest BCUT2D eigenvalue weighted by Gasteiger charge is -2.46. The Kier molecular flexibility index (Phi) is 4.08. The van der Waals surface area contributed by atoms with Gasteiger partial charge in [0.1, 0.15) is 0 Å². The predicted molar refractivity (Wildman–Crippen MR) is 111 cm³/mol. The lowest BCUT2D eigenvalue weighted by molar-refractivity contribution is 0.0580. The summed E-state index contributed by atoms with van der Waals surface area (Å²) in [6.45, 7) is 0.908. The van der Waals surface area contributed by atoms with Gasteiger partial charge in [-0.3, -0.25) is 0 Å². The summed E-state index contributed by atoms with van der Waals surface area (Å²) in [4.78, 5) is 4.30. The molecule has 4 aliphatic rings. The second kappa shape index (κ2) is 6.51. The summed E-state index contributed by atoms with van der Waals surface area (Å²) in [6, 6.07) is 2.36. The molecule has 3 N–H and O–H groups in total. The van der Waals surface area contributed by atoms with Gasteiger partial charge < -0.3 is 10.4 Å². The molecule has 30 heavy (non-hydrogen) atoms. The van der Waals surface area contributed by atoms with Crippen LogP contribution in [0.15, 0.2) is 11.2 Å². The van der Waals surface area contributed by atoms with E-state index >= 15 is 0 Å². The van der Waals surface area contributed by atoms with Crippen molar-refractivity contribution < 1.29 is 13.5 Å². The van der Waals surface area contributed by atoms with Crippen molar-refractivity contribution in [2.45, 2.75) is 69.0 Å². The topological polar surface area (TPSA) is 111 Å². The first-order chi connectivity index (χ1) is 14.4. The minimum atomic E-state index is -3.70. The molecule has 1 aromatic carbocycles. The molecule has 2 fully saturated rings. The summed E-state index contributed by atoms with van der Waals surface area (Å²) >= 11 is 0. The van der Waals surface area contributed by atoms with Crippen LogP contribution in [0.2, 0.25) is 0 Å². The van der Waals surface area contributed by atoms with Crippen molar-refractivity contribution in [3.8, 4) is 0 Å². The highest BCUT2D eigenvalue weighted by atomic mass is 32.2. The van der Waals surface area contributed by atoms with E-state index in [0.29, 0.717) is 25.5 Å². The van der Waals surface area contributed by atoms with Crippen molar-refractivity contribution in [2.75, 3.05) is 18.4 Å². The van der Waals surface area contributed by atoms with Gasteiger partial charge in [0.2, 0.25) is 5.95 Å². The first-order valence-electron chi connectivity index (χ1n) is 11.0. The van der Waals surface area contributed by atoms with Gasteiger partial charge in [0, 0.05) is 24.2 Å². The number of aromatic nitrogens is 3. The maximum absolute atomic E-state index is 13.0. The highest BCUT2D eigenvalue weighted by molar-refractivity contribution is 7.89. The maximum Gasteiger partial charge on any atom is 0.278 e. The largest absolute Gasteiger partial charge is 0.393 e. The molecule has 2 heterocycles. The minimum Gasteiger partial charge on any atom is -0.393 e. The highest BCUT2D eigenvalue weighted by Gasteiger charge is 2.52. The standard InChI is InChI=1S/C21H27N5O3S/c27-15-7-8-21(10-15)11-26(12-21)30(28,29)20-23-19(24-25-20)22-18-16-5-1-3-13(16)9-14-4-2-6-17(14)18/h9,15,27H,1-8,10-12H2,(H2,22,23,24,25). The molecule has 2 aromatic rings. The molecule has 1 aliphatic heterocycles. The molecule has 1 spiro atoms. The van der Waals surface area contributed by atoms with Crippen molar-refractivity contribution in [3.05, 3.63) is 28.3 Å². The van der Waals surface area contributed by atoms with E-state index in [-0.39, 0.29) is 16.7 Å². The number of nitrogens with one attached hydrogen (secondary N) is 2. The number of H-pyrrole nitrogens is 1. The molecule has 0 radical (unpaired) electrons. The number of sulfonamides is 1. The SMILES string of the molecule is O=S(=O)(c1nc(Nc2c3c(cc4c2CCC4)CCC3)n[nH]1)N1CC2(CCC(O)C2)C1. The molecule has 1 saturated carbocycles. The number of aliphatic hydroxyl groups excluding tert-OH is 1. The second-order valence-electron chi connectivity index (χ2n) is 9.49. The lowest BCUT2D eigenvalue weighted by Crippen LogP contribution is -2.57. The van der Waals surface area contributed by atoms with Gasteiger partial charge in [-0.1, -0.05) is 6.07 Å². The molecular weight excluding hydrogens is 402 g/mol. The first kappa shape index (κ1) is 18.8. The van der Waals surface area contributed by atoms with Crippen molar-refractivity contribution in [3.63, 3.8) is 0 Å². The average Bonchev–Trinajstić information content (AvgIpc) is 3.46. The van der Waals surface area contributed by atoms with E-state index < -0.39 is 10.0 Å². The van der Waals surface area contributed by atoms with Gasteiger partial charge in [0.25, 0.3) is 15.2 Å². The molecule has 6 rings (SSSR count). The second-order valence-corrected chi connectivity index (χ2v) is 11.3. The minimum absolute atomic E-state index is 0.0568. The third-order valence-corrected chi connectivity index (χ3v) is 9.07. The summed E-state index contributed by atoms with van der Waals surface area (Å²) in [5.74, 6) is 0.314. The van der Waals surface area contributed by atoms with Crippen LogP contribution in [0.25, 0.3) is 0 Å². The fourth-order valence-corrected chi connectivity index (χ4v) is 7.45. The van der Waals surface area contributed by atoms with Crippen LogP contribution in [-0.2, 0) is 35.7 Å². The monoisotopic (exact) mass is 429 g/mol. The van der Waals surface area contributed by atoms with Crippen LogP contribution in [0.4, 0.5) is 11.6 Å². The Morgan fingerprint density at radius 1 is 1.13 bits per heavy atom. The van der Waals surface area contributed by atoms with Gasteiger partial charge in [0.15, 0.2) is 0 Å². The first-order valence-corrected chi connectivity index (χ1v) is 12.4. The van der Waals surface area contributed by atoms with Crippen molar-refractivity contribution in [1.29, 1.82) is 0 Å². The van der Waals surface area contributed by atoms with Crippen LogP contribution < -0.4 is 5.32 Å². The van der Waals surface area contributed by atoms with Gasteiger partial charge in [-0.2, -0.15) is 9.29 Å². The van der Waals surface area contributed by atoms with E-state index in [1.807, 2.05) is 0 Å². The Labute approximate surface area is 176 Å². The van der Waals surface area contributed by atoms with Gasteiger partial charge in [0.05, 0.1) is 6.10 Å². The quantitative estimate of drug-likeness (QED) is 0.686. The average molecular weight is 430 g/mol. The van der Waals surface area contributed by atoms with E-state index in [1.165, 1.54) is 26.6 Å². The molecule has 0 bridgehead atoms. The molecule has 0 amide bonds. The molecule has 9 heteroatoms. The molecule has 1 unspecified atom stereocenters. The normalized spacial score (nSPS) is 24.8. The fourth-order valence-electron chi connectivity index (χ4n) is 5.96. The Morgan fingerprint density at radius 3 is 2.47 bits per heavy atom. The maximum atomic E-state index is 13.0. The Bertz CT molecular complexity index is 1090. The summed E-state index contributed by atoms with van der Waals surface area (Å²) in [5.41, 5.74) is 6.54. The van der Waals surface area contributed by atoms with Gasteiger partial charge in [-0.25, -0.2) is 13.5 Å². The number of nitrogens with zero attached hydrogens (tertiary/aromatic N) is 3. The van der Waals surface area contributed by atoms with Crippen LogP contribution in [0, 0.1) is 5.41 Å². The zero-order valence-electron chi connectivity index (χ0n) is 16.9. The van der Waals surface area contributed by atoms with Crippen molar-refractivity contribution >= 4 is 21.7 Å².